The van der Waals surface area contributed by atoms with E-state index in [-0.39, 0.29) is 0 Å². The van der Waals surface area contributed by atoms with E-state index in [0.29, 0.717) is 5.92 Å². The maximum absolute atomic E-state index is 4.25. The minimum atomic E-state index is 0.538. The molecule has 0 atom stereocenters. The molecule has 0 spiro atoms. The number of pyridine rings is 1. The van der Waals surface area contributed by atoms with Crippen LogP contribution in [0.3, 0.4) is 0 Å². The number of aryl methyl sites for hydroxylation is 1. The summed E-state index contributed by atoms with van der Waals surface area (Å²) in [7, 11) is 0. The summed E-state index contributed by atoms with van der Waals surface area (Å²) in [6.07, 6.45) is 3.77. The van der Waals surface area contributed by atoms with Gasteiger partial charge in [0.2, 0.25) is 0 Å². The predicted molar refractivity (Wildman–Crippen MR) is 89.9 cm³/mol. The highest BCUT2D eigenvalue weighted by Crippen LogP contribution is 2.39. The number of nitrogens with zero attached hydrogens (tertiary/aromatic N) is 1. The maximum atomic E-state index is 4.25. The summed E-state index contributed by atoms with van der Waals surface area (Å²) in [5, 5.41) is 0. The van der Waals surface area contributed by atoms with E-state index in [0.717, 1.165) is 0 Å². The smallest absolute Gasteiger partial charge is 0.0346 e. The van der Waals surface area contributed by atoms with E-state index in [4.69, 9.17) is 0 Å². The summed E-state index contributed by atoms with van der Waals surface area (Å²) < 4.78 is 0. The molecule has 1 aromatic heterocycles. The van der Waals surface area contributed by atoms with E-state index >= 15 is 0 Å². The molecule has 0 saturated carbocycles. The number of hydrogen-bond acceptors (Lipinski definition) is 1. The number of fused-ring (bicyclic) bond motifs is 1. The monoisotopic (exact) mass is 275 g/mol. The summed E-state index contributed by atoms with van der Waals surface area (Å²) in [5.41, 5.74) is 9.26. The Balaban J connectivity index is 2.28. The highest BCUT2D eigenvalue weighted by atomic mass is 14.6. The summed E-state index contributed by atoms with van der Waals surface area (Å²) in [6, 6.07) is 13.3. The first-order chi connectivity index (χ1) is 10.1. The summed E-state index contributed by atoms with van der Waals surface area (Å²) >= 11 is 0. The van der Waals surface area contributed by atoms with Crippen molar-refractivity contribution in [2.45, 2.75) is 33.6 Å². The highest BCUT2D eigenvalue weighted by Gasteiger charge is 2.16. The third-order valence-corrected chi connectivity index (χ3v) is 4.29. The maximum Gasteiger partial charge on any atom is 0.0346 e. The van der Waals surface area contributed by atoms with Crippen LogP contribution in [-0.2, 0) is 0 Å². The summed E-state index contributed by atoms with van der Waals surface area (Å²) in [4.78, 5) is 4.25. The molecule has 0 aromatic carbocycles. The average Bonchev–Trinajstić information content (AvgIpc) is 2.70. The lowest BCUT2D eigenvalue weighted by Crippen LogP contribution is -1.84. The Bertz CT molecular complexity index is 741. The van der Waals surface area contributed by atoms with Gasteiger partial charge in [-0.1, -0.05) is 38.1 Å². The molecule has 0 bridgehead atoms. The van der Waals surface area contributed by atoms with Gasteiger partial charge in [-0.25, -0.2) is 0 Å². The van der Waals surface area contributed by atoms with E-state index in [1.54, 1.807) is 0 Å². The van der Waals surface area contributed by atoms with E-state index in [1.165, 1.54) is 38.9 Å². The topological polar surface area (TPSA) is 12.9 Å². The molecule has 0 unspecified atom stereocenters. The van der Waals surface area contributed by atoms with Crippen LogP contribution in [0.25, 0.3) is 22.3 Å². The number of rotatable bonds is 2. The Labute approximate surface area is 127 Å². The molecular formula is C20H21N. The van der Waals surface area contributed by atoms with Crippen molar-refractivity contribution in [3.63, 3.8) is 0 Å². The zero-order chi connectivity index (χ0) is 15.0. The van der Waals surface area contributed by atoms with Crippen molar-refractivity contribution in [2.24, 2.45) is 0 Å². The van der Waals surface area contributed by atoms with Crippen LogP contribution < -0.4 is 0 Å². The standard InChI is InChI=1S/C20H21N/c1-13(2)16-8-7-14(3)18-11-19(15(4)20(18)10-16)17-6-5-9-21-12-17/h5-13H,1-4H3. The van der Waals surface area contributed by atoms with Gasteiger partial charge in [-0.15, -0.1) is 0 Å². The van der Waals surface area contributed by atoms with Crippen molar-refractivity contribution < 1.29 is 0 Å². The molecule has 0 aliphatic heterocycles. The van der Waals surface area contributed by atoms with Gasteiger partial charge in [0.15, 0.2) is 0 Å². The quantitative estimate of drug-likeness (QED) is 0.593. The van der Waals surface area contributed by atoms with Crippen molar-refractivity contribution in [3.05, 3.63) is 65.5 Å². The summed E-state index contributed by atoms with van der Waals surface area (Å²) in [5.74, 6) is 0.538. The molecule has 1 heterocycles. The molecule has 106 valence electrons. The van der Waals surface area contributed by atoms with Gasteiger partial charge in [0.25, 0.3) is 0 Å². The molecule has 1 aromatic rings. The molecule has 2 aliphatic carbocycles. The van der Waals surface area contributed by atoms with Gasteiger partial charge in [0, 0.05) is 18.0 Å². The molecule has 1 nitrogen and oxygen atoms in total. The fourth-order valence-corrected chi connectivity index (χ4v) is 2.90. The molecule has 0 amide bonds. The Morgan fingerprint density at radius 2 is 1.71 bits per heavy atom. The van der Waals surface area contributed by atoms with E-state index in [2.05, 4.69) is 63.0 Å². The Morgan fingerprint density at radius 3 is 2.38 bits per heavy atom. The van der Waals surface area contributed by atoms with Gasteiger partial charge < -0.3 is 0 Å². The Hall–Kier alpha value is -2.15. The van der Waals surface area contributed by atoms with Gasteiger partial charge in [-0.3, -0.25) is 4.98 Å². The van der Waals surface area contributed by atoms with Crippen LogP contribution in [-0.4, -0.2) is 4.98 Å². The van der Waals surface area contributed by atoms with Crippen molar-refractivity contribution in [1.82, 2.24) is 4.98 Å². The first-order valence-corrected chi connectivity index (χ1v) is 7.52. The van der Waals surface area contributed by atoms with Gasteiger partial charge in [0.05, 0.1) is 0 Å². The average molecular weight is 275 g/mol. The first kappa shape index (κ1) is 13.8. The van der Waals surface area contributed by atoms with Crippen molar-refractivity contribution >= 4 is 0 Å². The van der Waals surface area contributed by atoms with Crippen molar-refractivity contribution in [3.8, 4) is 22.3 Å². The van der Waals surface area contributed by atoms with Crippen molar-refractivity contribution in [2.75, 3.05) is 0 Å². The zero-order valence-corrected chi connectivity index (χ0v) is 13.1. The van der Waals surface area contributed by atoms with Gasteiger partial charge in [-0.05, 0) is 65.3 Å². The molecule has 0 fully saturated rings. The summed E-state index contributed by atoms with van der Waals surface area (Å²) in [6.45, 7) is 8.90. The SMILES string of the molecule is Cc1ccc(C(C)C)cc2c(C)c(-c3cccnc3)cc1-2. The lowest BCUT2D eigenvalue weighted by molar-refractivity contribution is 0.868. The van der Waals surface area contributed by atoms with Crippen LogP contribution in [0.2, 0.25) is 0 Å². The highest BCUT2D eigenvalue weighted by molar-refractivity contribution is 5.86. The molecule has 3 rings (SSSR count). The van der Waals surface area contributed by atoms with Crippen molar-refractivity contribution in [1.29, 1.82) is 0 Å². The van der Waals surface area contributed by atoms with E-state index < -0.39 is 0 Å². The third kappa shape index (κ3) is 2.44. The second-order valence-corrected chi connectivity index (χ2v) is 6.07. The van der Waals surface area contributed by atoms with Crippen LogP contribution >= 0.6 is 0 Å². The number of aromatic nitrogens is 1. The molecule has 0 N–H and O–H groups in total. The van der Waals surface area contributed by atoms with E-state index in [1.807, 2.05) is 18.5 Å². The lowest BCUT2D eigenvalue weighted by atomic mass is 10.0. The molecule has 21 heavy (non-hydrogen) atoms. The fourth-order valence-electron chi connectivity index (χ4n) is 2.90. The van der Waals surface area contributed by atoms with Crippen LogP contribution in [0.1, 0.15) is 36.5 Å². The second-order valence-electron chi connectivity index (χ2n) is 6.07. The van der Waals surface area contributed by atoms with Crippen LogP contribution in [0.4, 0.5) is 0 Å². The largest absolute Gasteiger partial charge is 0.264 e. The number of hydrogen-bond donors (Lipinski definition) is 0. The van der Waals surface area contributed by atoms with Gasteiger partial charge in [0.1, 0.15) is 0 Å². The zero-order valence-electron chi connectivity index (χ0n) is 13.1. The van der Waals surface area contributed by atoms with Gasteiger partial charge in [-0.2, -0.15) is 0 Å². The molecule has 2 aliphatic rings. The fraction of sp³-hybridized carbons (Fsp3) is 0.250. The predicted octanol–water partition coefficient (Wildman–Crippen LogP) is 5.59. The second kappa shape index (κ2) is 5.33. The van der Waals surface area contributed by atoms with Crippen LogP contribution in [0.5, 0.6) is 0 Å². The molecule has 0 saturated heterocycles. The molecule has 1 heteroatoms. The van der Waals surface area contributed by atoms with Gasteiger partial charge >= 0.3 is 0 Å². The van der Waals surface area contributed by atoms with Crippen LogP contribution in [0, 0.1) is 13.8 Å². The lowest BCUT2D eigenvalue weighted by Gasteiger charge is -2.04. The minimum absolute atomic E-state index is 0.538. The Kier molecular flexibility index (Phi) is 3.50. The van der Waals surface area contributed by atoms with E-state index in [9.17, 15) is 0 Å². The molecule has 0 radical (unpaired) electrons. The third-order valence-electron chi connectivity index (χ3n) is 4.29. The normalized spacial score (nSPS) is 11.3. The molecular weight excluding hydrogens is 254 g/mol. The van der Waals surface area contributed by atoms with Crippen LogP contribution in [0.15, 0.2) is 48.8 Å². The Morgan fingerprint density at radius 1 is 0.905 bits per heavy atom. The minimum Gasteiger partial charge on any atom is -0.264 e. The first-order valence-electron chi connectivity index (χ1n) is 7.52.